The van der Waals surface area contributed by atoms with Gasteiger partial charge in [-0.05, 0) is 37.8 Å². The number of aromatic nitrogens is 3. The van der Waals surface area contributed by atoms with E-state index in [1.807, 2.05) is 24.2 Å². The standard InChI is InChI=1S/C21H26N6O3.H2S/c1-25-11-14-9-19(26-6-3-2-4-7-26)17(10-16(14)24-25)22-20(29)18-13-30-21(23-18)27-8-5-15(28)12-27;/h9-11,13,15,28H,2-8,12H2,1H3,(H,22,29);1H2/t15-;/m0./s1. The van der Waals surface area contributed by atoms with Crippen molar-refractivity contribution in [2.24, 2.45) is 7.05 Å². The number of nitrogens with zero attached hydrogens (tertiary/aromatic N) is 5. The number of rotatable bonds is 4. The Labute approximate surface area is 187 Å². The molecule has 0 aliphatic carbocycles. The molecule has 1 amide bonds. The molecule has 1 aromatic carbocycles. The molecule has 0 bridgehead atoms. The summed E-state index contributed by atoms with van der Waals surface area (Å²) in [5.74, 6) is -0.321. The molecular formula is C21H28N6O3S. The Morgan fingerprint density at radius 2 is 2.00 bits per heavy atom. The minimum Gasteiger partial charge on any atom is -0.431 e. The van der Waals surface area contributed by atoms with Crippen LogP contribution in [0.3, 0.4) is 0 Å². The van der Waals surface area contributed by atoms with Crippen molar-refractivity contribution < 1.29 is 14.3 Å². The number of carbonyl (C=O) groups is 1. The van der Waals surface area contributed by atoms with Crippen LogP contribution in [0.5, 0.6) is 0 Å². The summed E-state index contributed by atoms with van der Waals surface area (Å²) in [4.78, 5) is 21.4. The van der Waals surface area contributed by atoms with Crippen molar-refractivity contribution >= 4 is 47.7 Å². The summed E-state index contributed by atoms with van der Waals surface area (Å²) in [6.07, 6.45) is 7.18. The molecule has 0 spiro atoms. The number of aliphatic hydroxyl groups is 1. The highest BCUT2D eigenvalue weighted by atomic mass is 32.1. The van der Waals surface area contributed by atoms with Crippen LogP contribution in [0.4, 0.5) is 17.4 Å². The van der Waals surface area contributed by atoms with Crippen LogP contribution >= 0.6 is 13.5 Å². The van der Waals surface area contributed by atoms with E-state index in [0.717, 1.165) is 48.2 Å². The molecule has 1 atom stereocenters. The van der Waals surface area contributed by atoms with E-state index in [4.69, 9.17) is 4.42 Å². The molecule has 9 nitrogen and oxygen atoms in total. The second kappa shape index (κ2) is 8.80. The summed E-state index contributed by atoms with van der Waals surface area (Å²) in [5, 5.41) is 18.3. The maximum absolute atomic E-state index is 12.9. The topological polar surface area (TPSA) is 99.7 Å². The first-order chi connectivity index (χ1) is 14.6. The van der Waals surface area contributed by atoms with Crippen LogP contribution in [0.1, 0.15) is 36.2 Å². The third-order valence-corrected chi connectivity index (χ3v) is 5.84. The average molecular weight is 445 g/mol. The van der Waals surface area contributed by atoms with Crippen LogP contribution in [0.15, 0.2) is 29.0 Å². The summed E-state index contributed by atoms with van der Waals surface area (Å²) < 4.78 is 7.28. The molecule has 4 heterocycles. The van der Waals surface area contributed by atoms with Gasteiger partial charge >= 0.3 is 0 Å². The van der Waals surface area contributed by atoms with Crippen LogP contribution in [0.25, 0.3) is 10.9 Å². The number of β-amino-alcohol motifs (C(OH)–C–C–N with tert-alkyl or cyclic N) is 1. The number of fused-ring (bicyclic) bond motifs is 1. The zero-order valence-corrected chi connectivity index (χ0v) is 18.5. The Morgan fingerprint density at radius 1 is 1.19 bits per heavy atom. The second-order valence-corrected chi connectivity index (χ2v) is 8.14. The maximum atomic E-state index is 12.9. The molecular weight excluding hydrogens is 416 g/mol. The summed E-state index contributed by atoms with van der Waals surface area (Å²) in [5.41, 5.74) is 2.79. The van der Waals surface area contributed by atoms with Crippen LogP contribution in [-0.4, -0.2) is 58.1 Å². The molecule has 0 radical (unpaired) electrons. The number of carbonyl (C=O) groups excluding carboxylic acids is 1. The van der Waals surface area contributed by atoms with E-state index in [9.17, 15) is 9.90 Å². The third kappa shape index (κ3) is 4.35. The highest BCUT2D eigenvalue weighted by molar-refractivity contribution is 7.59. The van der Waals surface area contributed by atoms with E-state index in [-0.39, 0.29) is 31.2 Å². The lowest BCUT2D eigenvalue weighted by molar-refractivity contribution is 0.102. The Kier molecular flexibility index (Phi) is 6.10. The fourth-order valence-electron chi connectivity index (χ4n) is 4.30. The van der Waals surface area contributed by atoms with Gasteiger partial charge in [-0.15, -0.1) is 0 Å². The van der Waals surface area contributed by atoms with Gasteiger partial charge in [0.15, 0.2) is 5.69 Å². The Hall–Kier alpha value is -2.72. The molecule has 2 saturated heterocycles. The Bertz CT molecular complexity index is 1070. The van der Waals surface area contributed by atoms with Crippen molar-refractivity contribution in [3.63, 3.8) is 0 Å². The van der Waals surface area contributed by atoms with Gasteiger partial charge in [0.1, 0.15) is 6.26 Å². The van der Waals surface area contributed by atoms with Gasteiger partial charge in [0, 0.05) is 44.8 Å². The number of nitrogens with one attached hydrogen (secondary N) is 1. The van der Waals surface area contributed by atoms with Gasteiger partial charge in [0.05, 0.1) is 23.0 Å². The van der Waals surface area contributed by atoms with E-state index < -0.39 is 0 Å². The summed E-state index contributed by atoms with van der Waals surface area (Å²) in [6.45, 7) is 3.08. The van der Waals surface area contributed by atoms with Gasteiger partial charge in [-0.3, -0.25) is 9.48 Å². The van der Waals surface area contributed by atoms with E-state index in [0.29, 0.717) is 25.5 Å². The fraction of sp³-hybridized carbons (Fsp3) is 0.476. The highest BCUT2D eigenvalue weighted by Gasteiger charge is 2.25. The maximum Gasteiger partial charge on any atom is 0.298 e. The number of aliphatic hydroxyl groups excluding tert-OH is 1. The molecule has 3 aromatic rings. The Balaban J connectivity index is 0.00000231. The van der Waals surface area contributed by atoms with E-state index in [1.54, 1.807) is 4.68 Å². The van der Waals surface area contributed by atoms with E-state index in [1.165, 1.54) is 12.7 Å². The molecule has 2 aliphatic rings. The lowest BCUT2D eigenvalue weighted by atomic mass is 10.1. The molecule has 2 aromatic heterocycles. The fourth-order valence-corrected chi connectivity index (χ4v) is 4.30. The van der Waals surface area contributed by atoms with Crippen LogP contribution < -0.4 is 15.1 Å². The lowest BCUT2D eigenvalue weighted by Crippen LogP contribution is -2.30. The minimum atomic E-state index is -0.383. The molecule has 2 aliphatic heterocycles. The van der Waals surface area contributed by atoms with Gasteiger partial charge in [0.2, 0.25) is 0 Å². The predicted molar refractivity (Wildman–Crippen MR) is 124 cm³/mol. The first-order valence-corrected chi connectivity index (χ1v) is 10.5. The normalized spacial score (nSPS) is 19.0. The molecule has 0 saturated carbocycles. The summed E-state index contributed by atoms with van der Waals surface area (Å²) in [7, 11) is 1.89. The molecule has 166 valence electrons. The first-order valence-electron chi connectivity index (χ1n) is 10.5. The zero-order valence-electron chi connectivity index (χ0n) is 17.5. The molecule has 5 rings (SSSR count). The van der Waals surface area contributed by atoms with Crippen molar-refractivity contribution in [2.75, 3.05) is 41.3 Å². The van der Waals surface area contributed by atoms with Gasteiger partial charge in [-0.1, -0.05) is 0 Å². The second-order valence-electron chi connectivity index (χ2n) is 8.14. The Morgan fingerprint density at radius 3 is 2.74 bits per heavy atom. The number of hydrogen-bond acceptors (Lipinski definition) is 7. The van der Waals surface area contributed by atoms with Crippen LogP contribution in [0, 0.1) is 0 Å². The minimum absolute atomic E-state index is 0. The number of piperidine rings is 1. The quantitative estimate of drug-likeness (QED) is 0.638. The zero-order chi connectivity index (χ0) is 20.7. The number of oxazole rings is 1. The number of anilines is 3. The number of benzene rings is 1. The van der Waals surface area contributed by atoms with Crippen LogP contribution in [-0.2, 0) is 7.05 Å². The van der Waals surface area contributed by atoms with E-state index >= 15 is 0 Å². The van der Waals surface area contributed by atoms with Crippen molar-refractivity contribution in [3.8, 4) is 0 Å². The molecule has 0 unspecified atom stereocenters. The smallest absolute Gasteiger partial charge is 0.298 e. The molecule has 31 heavy (non-hydrogen) atoms. The largest absolute Gasteiger partial charge is 0.431 e. The summed E-state index contributed by atoms with van der Waals surface area (Å²) in [6, 6.07) is 4.39. The van der Waals surface area contributed by atoms with Crippen molar-refractivity contribution in [3.05, 3.63) is 30.3 Å². The van der Waals surface area contributed by atoms with Crippen molar-refractivity contribution in [2.45, 2.75) is 31.8 Å². The number of amides is 1. The SMILES string of the molecule is Cn1cc2cc(N3CCCCC3)c(NC(=O)c3coc(N4CC[C@H](O)C4)n3)cc2n1.S. The van der Waals surface area contributed by atoms with E-state index in [2.05, 4.69) is 26.4 Å². The monoisotopic (exact) mass is 444 g/mol. The molecule has 2 N–H and O–H groups in total. The molecule has 10 heteroatoms. The predicted octanol–water partition coefficient (Wildman–Crippen LogP) is 2.49. The van der Waals surface area contributed by atoms with Gasteiger partial charge in [-0.2, -0.15) is 23.6 Å². The first kappa shape index (κ1) is 21.5. The number of aryl methyl sites for hydroxylation is 1. The van der Waals surface area contributed by atoms with Gasteiger partial charge in [-0.25, -0.2) is 0 Å². The van der Waals surface area contributed by atoms with Gasteiger partial charge < -0.3 is 24.6 Å². The van der Waals surface area contributed by atoms with Crippen LogP contribution in [0.2, 0.25) is 0 Å². The average Bonchev–Trinajstić information content (AvgIpc) is 3.46. The third-order valence-electron chi connectivity index (χ3n) is 5.84. The lowest BCUT2D eigenvalue weighted by Gasteiger charge is -2.30. The number of hydrogen-bond donors (Lipinski definition) is 2. The molecule has 2 fully saturated rings. The van der Waals surface area contributed by atoms with Crippen molar-refractivity contribution in [1.29, 1.82) is 0 Å². The van der Waals surface area contributed by atoms with Crippen molar-refractivity contribution in [1.82, 2.24) is 14.8 Å². The highest BCUT2D eigenvalue weighted by Crippen LogP contribution is 2.33. The van der Waals surface area contributed by atoms with Gasteiger partial charge in [0.25, 0.3) is 11.9 Å². The summed E-state index contributed by atoms with van der Waals surface area (Å²) >= 11 is 0.